The second-order valence-corrected chi connectivity index (χ2v) is 8.78. The maximum atomic E-state index is 12.2. The van der Waals surface area contributed by atoms with Crippen LogP contribution in [-0.4, -0.2) is 34.5 Å². The number of esters is 1. The van der Waals surface area contributed by atoms with E-state index in [-0.39, 0.29) is 23.9 Å². The average molecular weight is 394 g/mol. The molecule has 4 nitrogen and oxygen atoms in total. The van der Waals surface area contributed by atoms with E-state index in [2.05, 4.69) is 45.4 Å². The van der Waals surface area contributed by atoms with Gasteiger partial charge in [0.15, 0.2) is 0 Å². The maximum absolute atomic E-state index is 12.2. The van der Waals surface area contributed by atoms with Crippen LogP contribution in [-0.2, 0) is 9.53 Å². The molecular weight excluding hydrogens is 352 g/mol. The minimum Gasteiger partial charge on any atom is -0.462 e. The van der Waals surface area contributed by atoms with E-state index >= 15 is 0 Å². The van der Waals surface area contributed by atoms with Gasteiger partial charge in [0, 0.05) is 18.8 Å². The molecule has 0 unspecified atom stereocenters. The summed E-state index contributed by atoms with van der Waals surface area (Å²) in [4.78, 5) is 12.2. The molecule has 0 aromatic rings. The number of rotatable bonds is 7. The molecule has 0 bridgehead atoms. The van der Waals surface area contributed by atoms with Gasteiger partial charge in [0.1, 0.15) is 6.10 Å². The zero-order valence-corrected chi connectivity index (χ0v) is 18.4. The molecule has 0 spiro atoms. The standard InChI is InChI=1S/C24H41O4/c1-17-10-6-8-12-23(28-24(27)13-9-7-11-17)20(4)15-18(2)14-19(3)22(26)16-21(5)25/h6,8,11,14,17,19-23,25-26H,7,9-10,12-13,15-16H2,1-5H3/b8-6+,18-14+/t17-,19-,20+,21-,22-,23-/m1/s1. The largest absolute Gasteiger partial charge is 0.462 e. The molecular formula is C24H41O4. The number of hydrogen-bond acceptors (Lipinski definition) is 4. The van der Waals surface area contributed by atoms with Gasteiger partial charge in [-0.2, -0.15) is 0 Å². The van der Waals surface area contributed by atoms with Gasteiger partial charge in [-0.3, -0.25) is 4.79 Å². The van der Waals surface area contributed by atoms with E-state index in [0.717, 1.165) is 32.1 Å². The van der Waals surface area contributed by atoms with Crippen molar-refractivity contribution >= 4 is 5.97 Å². The first-order chi connectivity index (χ1) is 13.2. The Labute approximate surface area is 172 Å². The van der Waals surface area contributed by atoms with Gasteiger partial charge in [-0.05, 0) is 64.2 Å². The lowest BCUT2D eigenvalue weighted by atomic mass is 9.90. The molecule has 0 saturated carbocycles. The Morgan fingerprint density at radius 2 is 1.93 bits per heavy atom. The molecule has 2 N–H and O–H groups in total. The summed E-state index contributed by atoms with van der Waals surface area (Å²) in [6.07, 6.45) is 12.8. The van der Waals surface area contributed by atoms with Gasteiger partial charge < -0.3 is 14.9 Å². The van der Waals surface area contributed by atoms with Crippen molar-refractivity contribution in [1.82, 2.24) is 0 Å². The van der Waals surface area contributed by atoms with Crippen LogP contribution >= 0.6 is 0 Å². The Morgan fingerprint density at radius 1 is 1.25 bits per heavy atom. The molecule has 0 aromatic heterocycles. The summed E-state index contributed by atoms with van der Waals surface area (Å²) in [5.74, 6) is 0.632. The lowest BCUT2D eigenvalue weighted by Gasteiger charge is -2.25. The van der Waals surface area contributed by atoms with Crippen LogP contribution in [0.25, 0.3) is 0 Å². The number of ether oxygens (including phenoxy) is 1. The quantitative estimate of drug-likeness (QED) is 0.472. The Hall–Kier alpha value is -1.13. The van der Waals surface area contributed by atoms with Crippen molar-refractivity contribution in [1.29, 1.82) is 0 Å². The van der Waals surface area contributed by atoms with E-state index in [1.54, 1.807) is 6.92 Å². The normalized spacial score (nSPS) is 28.2. The van der Waals surface area contributed by atoms with Crippen LogP contribution in [0.15, 0.2) is 23.8 Å². The Morgan fingerprint density at radius 3 is 2.61 bits per heavy atom. The van der Waals surface area contributed by atoms with Crippen molar-refractivity contribution in [3.05, 3.63) is 30.2 Å². The van der Waals surface area contributed by atoms with Crippen molar-refractivity contribution < 1.29 is 19.7 Å². The predicted octanol–water partition coefficient (Wildman–Crippen LogP) is 5.00. The number of cyclic esters (lactones) is 1. The van der Waals surface area contributed by atoms with Gasteiger partial charge in [0.25, 0.3) is 0 Å². The third-order valence-corrected chi connectivity index (χ3v) is 5.50. The smallest absolute Gasteiger partial charge is 0.306 e. The maximum Gasteiger partial charge on any atom is 0.306 e. The highest BCUT2D eigenvalue weighted by Crippen LogP contribution is 2.24. The molecule has 0 fully saturated rings. The van der Waals surface area contributed by atoms with Crippen LogP contribution in [0.2, 0.25) is 0 Å². The van der Waals surface area contributed by atoms with E-state index in [9.17, 15) is 15.0 Å². The lowest BCUT2D eigenvalue weighted by molar-refractivity contribution is -0.151. The second-order valence-electron chi connectivity index (χ2n) is 8.78. The van der Waals surface area contributed by atoms with Gasteiger partial charge >= 0.3 is 5.97 Å². The molecule has 1 aliphatic heterocycles. The van der Waals surface area contributed by atoms with Crippen LogP contribution in [0.5, 0.6) is 0 Å². The Kier molecular flexibility index (Phi) is 11.7. The summed E-state index contributed by atoms with van der Waals surface area (Å²) in [5, 5.41) is 19.6. The number of carbonyl (C=O) groups excluding carboxylic acids is 1. The SMILES string of the molecule is C/C(=C\[C@@H](C)[C@H](O)C[C@@H](C)O)C[C@H](C)[C@H]1C/C=C/C[C@@H](C)[CH]CCCC(=O)O1. The van der Waals surface area contributed by atoms with Crippen molar-refractivity contribution in [2.24, 2.45) is 17.8 Å². The van der Waals surface area contributed by atoms with E-state index in [1.807, 2.05) is 6.92 Å². The zero-order valence-electron chi connectivity index (χ0n) is 18.4. The monoisotopic (exact) mass is 393 g/mol. The molecule has 1 aliphatic rings. The Bertz CT molecular complexity index is 509. The van der Waals surface area contributed by atoms with Gasteiger partial charge in [-0.15, -0.1) is 0 Å². The molecule has 28 heavy (non-hydrogen) atoms. The van der Waals surface area contributed by atoms with E-state index in [4.69, 9.17) is 4.74 Å². The second kappa shape index (κ2) is 13.2. The molecule has 0 aliphatic carbocycles. The molecule has 4 heteroatoms. The average Bonchev–Trinajstić information content (AvgIpc) is 2.59. The summed E-state index contributed by atoms with van der Waals surface area (Å²) in [6.45, 7) is 10.1. The minimum absolute atomic E-state index is 0.0155. The highest BCUT2D eigenvalue weighted by Gasteiger charge is 2.22. The number of carbonyl (C=O) groups is 1. The molecule has 1 radical (unpaired) electrons. The van der Waals surface area contributed by atoms with E-state index in [0.29, 0.717) is 18.8 Å². The molecule has 1 heterocycles. The third-order valence-electron chi connectivity index (χ3n) is 5.50. The molecule has 161 valence electrons. The van der Waals surface area contributed by atoms with Crippen LogP contribution < -0.4 is 0 Å². The summed E-state index contributed by atoms with van der Waals surface area (Å²) in [6, 6.07) is 0. The van der Waals surface area contributed by atoms with Gasteiger partial charge in [0.2, 0.25) is 0 Å². The summed E-state index contributed by atoms with van der Waals surface area (Å²) < 4.78 is 5.80. The highest BCUT2D eigenvalue weighted by atomic mass is 16.5. The number of allylic oxidation sites excluding steroid dienone is 2. The molecule has 1 rings (SSSR count). The highest BCUT2D eigenvalue weighted by molar-refractivity contribution is 5.69. The molecule has 0 saturated heterocycles. The van der Waals surface area contributed by atoms with Crippen molar-refractivity contribution in [3.63, 3.8) is 0 Å². The third kappa shape index (κ3) is 10.4. The van der Waals surface area contributed by atoms with Crippen LogP contribution in [0, 0.1) is 24.2 Å². The van der Waals surface area contributed by atoms with Crippen molar-refractivity contribution in [2.75, 3.05) is 0 Å². The van der Waals surface area contributed by atoms with Crippen LogP contribution in [0.4, 0.5) is 0 Å². The fraction of sp³-hybridized carbons (Fsp3) is 0.750. The fourth-order valence-corrected chi connectivity index (χ4v) is 3.74. The predicted molar refractivity (Wildman–Crippen MR) is 115 cm³/mol. The summed E-state index contributed by atoms with van der Waals surface area (Å²) in [5.41, 5.74) is 1.18. The minimum atomic E-state index is -0.550. The first-order valence-electron chi connectivity index (χ1n) is 10.9. The molecule has 0 aromatic carbocycles. The molecule has 0 amide bonds. The van der Waals surface area contributed by atoms with E-state index in [1.165, 1.54) is 5.57 Å². The van der Waals surface area contributed by atoms with Gasteiger partial charge in [0.05, 0.1) is 12.2 Å². The zero-order chi connectivity index (χ0) is 21.1. The summed E-state index contributed by atoms with van der Waals surface area (Å²) >= 11 is 0. The van der Waals surface area contributed by atoms with Crippen molar-refractivity contribution in [2.45, 2.75) is 97.9 Å². The van der Waals surface area contributed by atoms with E-state index < -0.39 is 12.2 Å². The number of aliphatic hydroxyl groups excluding tert-OH is 2. The summed E-state index contributed by atoms with van der Waals surface area (Å²) in [7, 11) is 0. The topological polar surface area (TPSA) is 66.8 Å². The number of hydrogen-bond donors (Lipinski definition) is 2. The first-order valence-corrected chi connectivity index (χ1v) is 10.9. The van der Waals surface area contributed by atoms with Crippen LogP contribution in [0.3, 0.4) is 0 Å². The van der Waals surface area contributed by atoms with Crippen LogP contribution in [0.1, 0.15) is 79.6 Å². The van der Waals surface area contributed by atoms with Gasteiger partial charge in [-0.1, -0.05) is 44.6 Å². The Balaban J connectivity index is 2.70. The lowest BCUT2D eigenvalue weighted by Crippen LogP contribution is -2.26. The van der Waals surface area contributed by atoms with Crippen molar-refractivity contribution in [3.8, 4) is 0 Å². The fourth-order valence-electron chi connectivity index (χ4n) is 3.74. The van der Waals surface area contributed by atoms with Gasteiger partial charge in [-0.25, -0.2) is 0 Å². The molecule has 6 atom stereocenters. The first kappa shape index (κ1) is 24.9. The number of aliphatic hydroxyl groups is 2.